The highest BCUT2D eigenvalue weighted by Gasteiger charge is 2.07. The van der Waals surface area contributed by atoms with Crippen molar-refractivity contribution in [2.75, 3.05) is 0 Å². The molecule has 1 rings (SSSR count). The fourth-order valence-electron chi connectivity index (χ4n) is 1.05. The number of allylic oxidation sites excluding steroid dienone is 2. The van der Waals surface area contributed by atoms with Gasteiger partial charge in [-0.05, 0) is 19.3 Å². The maximum absolute atomic E-state index is 10.7. The smallest absolute Gasteiger partial charge is 0.163 e. The molecule has 1 nitrogen and oxygen atoms in total. The van der Waals surface area contributed by atoms with Crippen LogP contribution in [-0.4, -0.2) is 5.78 Å². The van der Waals surface area contributed by atoms with E-state index >= 15 is 0 Å². The van der Waals surface area contributed by atoms with Crippen LogP contribution in [0.5, 0.6) is 0 Å². The maximum atomic E-state index is 10.7. The van der Waals surface area contributed by atoms with Crippen molar-refractivity contribution >= 4 is 5.78 Å². The lowest BCUT2D eigenvalue weighted by molar-refractivity contribution is -0.115. The van der Waals surface area contributed by atoms with Crippen molar-refractivity contribution in [2.24, 2.45) is 0 Å². The molecule has 0 fully saturated rings. The number of hydrogen-bond acceptors (Lipinski definition) is 1. The predicted octanol–water partition coefficient (Wildman–Crippen LogP) is 1.88. The van der Waals surface area contributed by atoms with Gasteiger partial charge in [-0.2, -0.15) is 0 Å². The van der Waals surface area contributed by atoms with E-state index in [1.54, 1.807) is 0 Å². The zero-order chi connectivity index (χ0) is 6.69. The third kappa shape index (κ3) is 1.67. The monoisotopic (exact) mass is 123 g/mol. The minimum absolute atomic E-state index is 0.193. The molecule has 0 spiro atoms. The lowest BCUT2D eigenvalue weighted by Gasteiger charge is -2.07. The molecule has 0 bridgehead atoms. The number of rotatable bonds is 1. The van der Waals surface area contributed by atoms with Gasteiger partial charge in [0.15, 0.2) is 5.78 Å². The summed E-state index contributed by atoms with van der Waals surface area (Å²) in [6.07, 6.45) is 6.67. The highest BCUT2D eigenvalue weighted by Crippen LogP contribution is 2.16. The first-order valence-corrected chi connectivity index (χ1v) is 3.47. The first-order chi connectivity index (χ1) is 4.33. The molecule has 0 heterocycles. The lowest BCUT2D eigenvalue weighted by atomic mass is 9.97. The van der Waals surface area contributed by atoms with E-state index in [4.69, 9.17) is 0 Å². The molecular weight excluding hydrogens is 112 g/mol. The summed E-state index contributed by atoms with van der Waals surface area (Å²) in [5.74, 6) is 0.193. The number of carbonyl (C=O) groups excluding carboxylic acids is 1. The van der Waals surface area contributed by atoms with Crippen LogP contribution in [0.4, 0.5) is 0 Å². The second-order valence-corrected chi connectivity index (χ2v) is 2.36. The molecule has 0 aromatic carbocycles. The Morgan fingerprint density at radius 2 is 2.33 bits per heavy atom. The van der Waals surface area contributed by atoms with Gasteiger partial charge in [0.05, 0.1) is 0 Å². The fourth-order valence-corrected chi connectivity index (χ4v) is 1.05. The van der Waals surface area contributed by atoms with Gasteiger partial charge in [0.25, 0.3) is 0 Å². The van der Waals surface area contributed by atoms with Gasteiger partial charge in [0.1, 0.15) is 0 Å². The van der Waals surface area contributed by atoms with E-state index in [0.717, 1.165) is 19.3 Å². The molecule has 0 atom stereocenters. The van der Waals surface area contributed by atoms with Crippen LogP contribution in [0.15, 0.2) is 5.57 Å². The Labute approximate surface area is 55.8 Å². The first-order valence-electron chi connectivity index (χ1n) is 3.47. The van der Waals surface area contributed by atoms with Gasteiger partial charge in [-0.1, -0.05) is 12.5 Å². The quantitative estimate of drug-likeness (QED) is 0.520. The molecule has 1 aliphatic carbocycles. The number of hydrogen-bond donors (Lipinski definition) is 0. The topological polar surface area (TPSA) is 17.1 Å². The Bertz CT molecular complexity index is 145. The van der Waals surface area contributed by atoms with Crippen LogP contribution in [-0.2, 0) is 4.79 Å². The normalized spacial score (nSPS) is 19.7. The molecule has 0 N–H and O–H groups in total. The molecular formula is C8H11O. The standard InChI is InChI=1S/C8H11O/c1-2-7-4-3-5-8(9)6-7/h2-5H2,1H3. The van der Waals surface area contributed by atoms with Crippen molar-refractivity contribution in [1.82, 2.24) is 0 Å². The molecule has 1 radical (unpaired) electrons. The van der Waals surface area contributed by atoms with E-state index in [-0.39, 0.29) is 5.78 Å². The molecule has 9 heavy (non-hydrogen) atoms. The molecule has 0 aromatic rings. The fraction of sp³-hybridized carbons (Fsp3) is 0.625. The van der Waals surface area contributed by atoms with Gasteiger partial charge < -0.3 is 0 Å². The van der Waals surface area contributed by atoms with Crippen LogP contribution in [0, 0.1) is 6.08 Å². The summed E-state index contributed by atoms with van der Waals surface area (Å²) in [6.45, 7) is 2.07. The first kappa shape index (κ1) is 6.53. The Balaban J connectivity index is 2.59. The van der Waals surface area contributed by atoms with Crippen LogP contribution in [0.3, 0.4) is 0 Å². The molecule has 0 aromatic heterocycles. The van der Waals surface area contributed by atoms with E-state index in [2.05, 4.69) is 13.0 Å². The summed E-state index contributed by atoms with van der Waals surface area (Å²) in [7, 11) is 0. The lowest BCUT2D eigenvalue weighted by Crippen LogP contribution is -2.02. The molecule has 0 saturated carbocycles. The summed E-state index contributed by atoms with van der Waals surface area (Å²) in [4.78, 5) is 10.7. The van der Waals surface area contributed by atoms with Crippen molar-refractivity contribution in [3.8, 4) is 0 Å². The van der Waals surface area contributed by atoms with Crippen molar-refractivity contribution in [1.29, 1.82) is 0 Å². The minimum atomic E-state index is 0.193. The average Bonchev–Trinajstić information content (AvgIpc) is 1.88. The number of carbonyl (C=O) groups is 1. The van der Waals surface area contributed by atoms with Gasteiger partial charge in [-0.25, -0.2) is 0 Å². The van der Waals surface area contributed by atoms with Crippen molar-refractivity contribution < 1.29 is 4.79 Å². The molecule has 0 aliphatic heterocycles. The summed E-state index contributed by atoms with van der Waals surface area (Å²) in [5, 5.41) is 0. The van der Waals surface area contributed by atoms with Crippen LogP contribution in [0.25, 0.3) is 0 Å². The van der Waals surface area contributed by atoms with Gasteiger partial charge in [0.2, 0.25) is 0 Å². The molecule has 1 aliphatic rings. The second-order valence-electron chi connectivity index (χ2n) is 2.36. The van der Waals surface area contributed by atoms with Crippen molar-refractivity contribution in [2.45, 2.75) is 32.6 Å². The van der Waals surface area contributed by atoms with Crippen LogP contribution in [0.2, 0.25) is 0 Å². The summed E-state index contributed by atoms with van der Waals surface area (Å²) in [6, 6.07) is 0. The molecule has 0 unspecified atom stereocenters. The zero-order valence-corrected chi connectivity index (χ0v) is 5.74. The molecule has 49 valence electrons. The predicted molar refractivity (Wildman–Crippen MR) is 35.9 cm³/mol. The summed E-state index contributed by atoms with van der Waals surface area (Å²) >= 11 is 0. The van der Waals surface area contributed by atoms with E-state index in [1.807, 2.05) is 0 Å². The van der Waals surface area contributed by atoms with E-state index in [0.29, 0.717) is 6.42 Å². The van der Waals surface area contributed by atoms with Crippen LogP contribution < -0.4 is 0 Å². The number of ketones is 1. The van der Waals surface area contributed by atoms with Gasteiger partial charge >= 0.3 is 0 Å². The second kappa shape index (κ2) is 2.81. The minimum Gasteiger partial charge on any atom is -0.294 e. The van der Waals surface area contributed by atoms with E-state index in [9.17, 15) is 4.79 Å². The Morgan fingerprint density at radius 3 is 2.78 bits per heavy atom. The molecule has 0 amide bonds. The SMILES string of the molecule is CCC1=[C]C(=O)CCC1. The highest BCUT2D eigenvalue weighted by atomic mass is 16.1. The van der Waals surface area contributed by atoms with E-state index < -0.39 is 0 Å². The third-order valence-corrected chi connectivity index (χ3v) is 1.63. The van der Waals surface area contributed by atoms with Crippen LogP contribution in [0.1, 0.15) is 32.6 Å². The Kier molecular flexibility index (Phi) is 2.04. The number of Topliss-reactive ketones (excluding diaryl/α,β-unsaturated/α-hetero) is 1. The molecule has 1 heteroatoms. The zero-order valence-electron chi connectivity index (χ0n) is 5.74. The van der Waals surface area contributed by atoms with Gasteiger partial charge in [0, 0.05) is 12.5 Å². The van der Waals surface area contributed by atoms with Crippen molar-refractivity contribution in [3.05, 3.63) is 11.6 Å². The van der Waals surface area contributed by atoms with E-state index in [1.165, 1.54) is 5.57 Å². The van der Waals surface area contributed by atoms with Gasteiger partial charge in [-0.3, -0.25) is 4.79 Å². The van der Waals surface area contributed by atoms with Crippen LogP contribution >= 0.6 is 0 Å². The Morgan fingerprint density at radius 1 is 1.56 bits per heavy atom. The average molecular weight is 123 g/mol. The maximum Gasteiger partial charge on any atom is 0.163 e. The third-order valence-electron chi connectivity index (χ3n) is 1.63. The van der Waals surface area contributed by atoms with Gasteiger partial charge in [-0.15, -0.1) is 0 Å². The summed E-state index contributed by atoms with van der Waals surface area (Å²) < 4.78 is 0. The Hall–Kier alpha value is -0.590. The molecule has 0 saturated heterocycles. The summed E-state index contributed by atoms with van der Waals surface area (Å²) in [5.41, 5.74) is 1.20. The highest BCUT2D eigenvalue weighted by molar-refractivity contribution is 5.87. The largest absolute Gasteiger partial charge is 0.294 e. The van der Waals surface area contributed by atoms with Crippen molar-refractivity contribution in [3.63, 3.8) is 0 Å².